The van der Waals surface area contributed by atoms with E-state index in [0.29, 0.717) is 25.2 Å². The standard InChI is InChI=1S/C32H37NO5/c1-5-37-29(31(35)36)20-23-11-13-25(14-12-23)38-18-17-33-16-15-32(3,4)27-21-26(22(2)19-28(27)33)30(34)24-9-7-6-8-10-24/h6-14,19,21,29H,5,15-18,20H2,1-4H3,(H,35,36)/t29-/m0/s1. The van der Waals surface area contributed by atoms with E-state index < -0.39 is 12.1 Å². The highest BCUT2D eigenvalue weighted by atomic mass is 16.5. The van der Waals surface area contributed by atoms with Crippen LogP contribution in [0.25, 0.3) is 0 Å². The Labute approximate surface area is 225 Å². The first-order valence-electron chi connectivity index (χ1n) is 13.3. The van der Waals surface area contributed by atoms with Crippen molar-refractivity contribution in [2.45, 2.75) is 52.1 Å². The second kappa shape index (κ2) is 11.8. The van der Waals surface area contributed by atoms with Crippen LogP contribution in [0.3, 0.4) is 0 Å². The Morgan fingerprint density at radius 1 is 1.05 bits per heavy atom. The van der Waals surface area contributed by atoms with Crippen molar-refractivity contribution in [1.82, 2.24) is 0 Å². The van der Waals surface area contributed by atoms with Gasteiger partial charge in [-0.3, -0.25) is 4.79 Å². The first-order chi connectivity index (χ1) is 18.2. The van der Waals surface area contributed by atoms with Crippen molar-refractivity contribution in [2.75, 3.05) is 31.2 Å². The number of hydrogen-bond acceptors (Lipinski definition) is 5. The molecule has 3 aromatic carbocycles. The highest BCUT2D eigenvalue weighted by Gasteiger charge is 2.32. The Bertz CT molecular complexity index is 1270. The number of aliphatic carboxylic acids is 1. The molecule has 1 atom stereocenters. The zero-order valence-corrected chi connectivity index (χ0v) is 22.7. The molecule has 1 heterocycles. The zero-order valence-electron chi connectivity index (χ0n) is 22.7. The van der Waals surface area contributed by atoms with E-state index in [1.54, 1.807) is 6.92 Å². The van der Waals surface area contributed by atoms with E-state index >= 15 is 0 Å². The van der Waals surface area contributed by atoms with E-state index in [2.05, 4.69) is 30.9 Å². The van der Waals surface area contributed by atoms with E-state index in [1.807, 2.05) is 61.5 Å². The second-order valence-electron chi connectivity index (χ2n) is 10.5. The summed E-state index contributed by atoms with van der Waals surface area (Å²) in [7, 11) is 0. The Morgan fingerprint density at radius 2 is 1.76 bits per heavy atom. The molecule has 0 aliphatic carbocycles. The number of ether oxygens (including phenoxy) is 2. The summed E-state index contributed by atoms with van der Waals surface area (Å²) in [6.07, 6.45) is 0.460. The molecule has 200 valence electrons. The van der Waals surface area contributed by atoms with Crippen LogP contribution in [0, 0.1) is 6.92 Å². The minimum absolute atomic E-state index is 0.0305. The molecule has 1 aliphatic rings. The fraction of sp³-hybridized carbons (Fsp3) is 0.375. The van der Waals surface area contributed by atoms with Gasteiger partial charge in [-0.15, -0.1) is 0 Å². The maximum atomic E-state index is 13.3. The minimum atomic E-state index is -0.955. The number of carbonyl (C=O) groups is 2. The summed E-state index contributed by atoms with van der Waals surface area (Å²) in [6.45, 7) is 10.8. The van der Waals surface area contributed by atoms with Gasteiger partial charge >= 0.3 is 5.97 Å². The van der Waals surface area contributed by atoms with Crippen molar-refractivity contribution in [3.63, 3.8) is 0 Å². The van der Waals surface area contributed by atoms with Crippen molar-refractivity contribution in [3.8, 4) is 5.75 Å². The third kappa shape index (κ3) is 6.25. The number of rotatable bonds is 11. The lowest BCUT2D eigenvalue weighted by atomic mass is 9.76. The number of aryl methyl sites for hydroxylation is 1. The van der Waals surface area contributed by atoms with Gasteiger partial charge in [0.2, 0.25) is 0 Å². The van der Waals surface area contributed by atoms with Crippen LogP contribution in [0.4, 0.5) is 5.69 Å². The van der Waals surface area contributed by atoms with Crippen LogP contribution in [-0.2, 0) is 21.4 Å². The predicted molar refractivity (Wildman–Crippen MR) is 150 cm³/mol. The number of benzene rings is 3. The summed E-state index contributed by atoms with van der Waals surface area (Å²) in [5, 5.41) is 9.30. The van der Waals surface area contributed by atoms with Gasteiger partial charge in [0, 0.05) is 36.4 Å². The van der Waals surface area contributed by atoms with E-state index in [-0.39, 0.29) is 11.2 Å². The molecule has 38 heavy (non-hydrogen) atoms. The molecule has 1 aliphatic heterocycles. The monoisotopic (exact) mass is 515 g/mol. The zero-order chi connectivity index (χ0) is 27.3. The molecule has 0 bridgehead atoms. The molecule has 0 unspecified atom stereocenters. The normalized spacial score (nSPS) is 15.0. The summed E-state index contributed by atoms with van der Waals surface area (Å²) in [6, 6.07) is 21.2. The minimum Gasteiger partial charge on any atom is -0.492 e. The smallest absolute Gasteiger partial charge is 0.333 e. The van der Waals surface area contributed by atoms with E-state index in [4.69, 9.17) is 9.47 Å². The molecular weight excluding hydrogens is 478 g/mol. The first kappa shape index (κ1) is 27.4. The molecule has 0 amide bonds. The first-order valence-corrected chi connectivity index (χ1v) is 13.3. The number of carboxylic acids is 1. The topological polar surface area (TPSA) is 76.1 Å². The van der Waals surface area contributed by atoms with Crippen molar-refractivity contribution < 1.29 is 24.2 Å². The third-order valence-corrected chi connectivity index (χ3v) is 7.32. The summed E-state index contributed by atoms with van der Waals surface area (Å²) >= 11 is 0. The van der Waals surface area contributed by atoms with Crippen LogP contribution in [0.1, 0.15) is 59.8 Å². The van der Waals surface area contributed by atoms with E-state index in [9.17, 15) is 14.7 Å². The number of carbonyl (C=O) groups excluding carboxylic acids is 1. The number of hydrogen-bond donors (Lipinski definition) is 1. The van der Waals surface area contributed by atoms with Gasteiger partial charge < -0.3 is 19.5 Å². The molecule has 0 saturated carbocycles. The van der Waals surface area contributed by atoms with Gasteiger partial charge in [-0.05, 0) is 66.6 Å². The van der Waals surface area contributed by atoms with Gasteiger partial charge in [0.05, 0.1) is 6.54 Å². The summed E-state index contributed by atoms with van der Waals surface area (Å²) in [4.78, 5) is 26.9. The van der Waals surface area contributed by atoms with Gasteiger partial charge in [-0.25, -0.2) is 4.79 Å². The molecule has 3 aromatic rings. The molecule has 1 N–H and O–H groups in total. The molecule has 0 aromatic heterocycles. The SMILES string of the molecule is CCO[C@@H](Cc1ccc(OCCN2CCC(C)(C)c3cc(C(=O)c4ccccc4)c(C)cc32)cc1)C(=O)O. The maximum Gasteiger partial charge on any atom is 0.333 e. The lowest BCUT2D eigenvalue weighted by molar-refractivity contribution is -0.149. The molecule has 6 nitrogen and oxygen atoms in total. The molecule has 0 spiro atoms. The predicted octanol–water partition coefficient (Wildman–Crippen LogP) is 5.82. The van der Waals surface area contributed by atoms with Gasteiger partial charge in [0.25, 0.3) is 0 Å². The molecule has 0 fully saturated rings. The molecule has 6 heteroatoms. The molecule has 0 saturated heterocycles. The fourth-order valence-electron chi connectivity index (χ4n) is 5.02. The highest BCUT2D eigenvalue weighted by Crippen LogP contribution is 2.41. The van der Waals surface area contributed by atoms with Crippen LogP contribution in [0.5, 0.6) is 5.75 Å². The number of anilines is 1. The number of fused-ring (bicyclic) bond motifs is 1. The van der Waals surface area contributed by atoms with Crippen molar-refractivity contribution >= 4 is 17.4 Å². The number of nitrogens with zero attached hydrogens (tertiary/aromatic N) is 1. The average Bonchev–Trinajstić information content (AvgIpc) is 2.90. The Kier molecular flexibility index (Phi) is 8.52. The van der Waals surface area contributed by atoms with Gasteiger partial charge in [0.1, 0.15) is 12.4 Å². The van der Waals surface area contributed by atoms with Crippen molar-refractivity contribution in [1.29, 1.82) is 0 Å². The van der Waals surface area contributed by atoms with Crippen LogP contribution in [0.15, 0.2) is 66.7 Å². The average molecular weight is 516 g/mol. The van der Waals surface area contributed by atoms with Crippen molar-refractivity contribution in [3.05, 3.63) is 94.5 Å². The van der Waals surface area contributed by atoms with E-state index in [1.165, 1.54) is 5.56 Å². The molecule has 0 radical (unpaired) electrons. The van der Waals surface area contributed by atoms with Crippen LogP contribution >= 0.6 is 0 Å². The fourth-order valence-corrected chi connectivity index (χ4v) is 5.02. The highest BCUT2D eigenvalue weighted by molar-refractivity contribution is 6.10. The van der Waals surface area contributed by atoms with Gasteiger partial charge in [0.15, 0.2) is 11.9 Å². The summed E-state index contributed by atoms with van der Waals surface area (Å²) in [5.74, 6) is -0.153. The quantitative estimate of drug-likeness (QED) is 0.324. The Morgan fingerprint density at radius 3 is 2.42 bits per heavy atom. The number of carboxylic acid groups (broad SMARTS) is 1. The maximum absolute atomic E-state index is 13.3. The lowest BCUT2D eigenvalue weighted by Gasteiger charge is -2.41. The van der Waals surface area contributed by atoms with Crippen LogP contribution < -0.4 is 9.64 Å². The van der Waals surface area contributed by atoms with Crippen LogP contribution in [-0.4, -0.2) is 49.3 Å². The second-order valence-corrected chi connectivity index (χ2v) is 10.5. The third-order valence-electron chi connectivity index (χ3n) is 7.32. The Balaban J connectivity index is 1.44. The lowest BCUT2D eigenvalue weighted by Crippen LogP contribution is -2.39. The Hall–Kier alpha value is -3.64. The van der Waals surface area contributed by atoms with Gasteiger partial charge in [-0.1, -0.05) is 56.3 Å². The van der Waals surface area contributed by atoms with Crippen molar-refractivity contribution in [2.24, 2.45) is 0 Å². The summed E-state index contributed by atoms with van der Waals surface area (Å²) in [5.41, 5.74) is 5.66. The molecular formula is C32H37NO5. The largest absolute Gasteiger partial charge is 0.492 e. The van der Waals surface area contributed by atoms with Crippen LogP contribution in [0.2, 0.25) is 0 Å². The van der Waals surface area contributed by atoms with E-state index in [0.717, 1.165) is 47.6 Å². The van der Waals surface area contributed by atoms with Gasteiger partial charge in [-0.2, -0.15) is 0 Å². The molecule has 4 rings (SSSR count). The number of ketones is 1. The summed E-state index contributed by atoms with van der Waals surface area (Å²) < 4.78 is 11.3.